The fourth-order valence-electron chi connectivity index (χ4n) is 19.7. The van der Waals surface area contributed by atoms with E-state index in [9.17, 15) is 42.3 Å². The van der Waals surface area contributed by atoms with Crippen LogP contribution >= 0.6 is 0 Å². The Morgan fingerprint density at radius 1 is 0.600 bits per heavy atom. The molecule has 6 heterocycles. The van der Waals surface area contributed by atoms with Crippen molar-refractivity contribution in [3.8, 4) is 11.5 Å². The van der Waals surface area contributed by atoms with Gasteiger partial charge in [-0.1, -0.05) is 19.1 Å². The normalized spacial score (nSPS) is 35.8. The van der Waals surface area contributed by atoms with E-state index in [2.05, 4.69) is 59.0 Å². The number of nitrogens with one attached hydrogen (secondary N) is 6. The average molecular weight is 1090 g/mol. The van der Waals surface area contributed by atoms with E-state index >= 15 is 0 Å². The summed E-state index contributed by atoms with van der Waals surface area (Å²) in [6, 6.07) is 13.0. The highest BCUT2D eigenvalue weighted by Crippen LogP contribution is 3.11. The molecule has 6 aromatic rings. The number of benzene rings is 2. The van der Waals surface area contributed by atoms with E-state index in [0.717, 1.165) is 62.5 Å². The summed E-state index contributed by atoms with van der Waals surface area (Å²) in [5, 5.41) is 25.0. The first kappa shape index (κ1) is 46.4. The van der Waals surface area contributed by atoms with Crippen LogP contribution in [0.25, 0.3) is 11.3 Å². The zero-order chi connectivity index (χ0) is 54.6. The Morgan fingerprint density at radius 2 is 1.01 bits per heavy atom. The lowest BCUT2D eigenvalue weighted by atomic mass is 8.92. The summed E-state index contributed by atoms with van der Waals surface area (Å²) in [7, 11) is 3.65. The number of ether oxygens (including phenoxy) is 2. The SMILES string of the molecule is CC12C3C4C1C1C2C3C41CNC(=O)c1cc(C(=O)NCc2ccc3c(c2)NC(=O)CO3)nc2c(F)cnn12.CN(C)C(=O)C12C3C4C1C1C2C3C41CNC(=O)c1cc(C(=O)NCc2ccc3c(c2)NC(=O)CO3)nc2c(F)cnn12. The van der Waals surface area contributed by atoms with Gasteiger partial charge in [-0.2, -0.15) is 10.2 Å². The monoisotopic (exact) mass is 1090 g/mol. The maximum absolute atomic E-state index is 14.6. The van der Waals surface area contributed by atoms with Crippen molar-refractivity contribution in [3.63, 3.8) is 0 Å². The van der Waals surface area contributed by atoms with Gasteiger partial charge in [0.25, 0.3) is 35.4 Å². The predicted octanol–water partition coefficient (Wildman–Crippen LogP) is 2.30. The molecule has 80 heavy (non-hydrogen) atoms. The second kappa shape index (κ2) is 14.8. The first-order valence-electron chi connectivity index (χ1n) is 27.1. The third kappa shape index (κ3) is 5.06. The summed E-state index contributed by atoms with van der Waals surface area (Å²) in [6.45, 7) is 3.69. The van der Waals surface area contributed by atoms with Crippen LogP contribution in [-0.2, 0) is 27.5 Å². The van der Waals surface area contributed by atoms with Gasteiger partial charge in [-0.3, -0.25) is 33.6 Å². The summed E-state index contributed by atoms with van der Waals surface area (Å²) >= 11 is 0. The number of halogens is 2. The van der Waals surface area contributed by atoms with Gasteiger partial charge in [-0.15, -0.1) is 0 Å². The van der Waals surface area contributed by atoms with Gasteiger partial charge in [0, 0.05) is 52.4 Å². The molecule has 24 heteroatoms. The molecule has 2 aliphatic heterocycles. The van der Waals surface area contributed by atoms with Gasteiger partial charge >= 0.3 is 0 Å². The van der Waals surface area contributed by atoms with Crippen LogP contribution in [-0.4, -0.2) is 116 Å². The molecule has 0 unspecified atom stereocenters. The lowest BCUT2D eigenvalue weighted by Gasteiger charge is -3.11. The fourth-order valence-corrected chi connectivity index (χ4v) is 19.7. The fraction of sp³-hybridized carbons (Fsp3) is 0.446. The molecule has 406 valence electrons. The second-order valence-corrected chi connectivity index (χ2v) is 24.6. The maximum atomic E-state index is 14.6. The molecule has 12 aliphatic carbocycles. The van der Waals surface area contributed by atoms with Gasteiger partial charge in [0.1, 0.15) is 34.3 Å². The molecule has 6 N–H and O–H groups in total. The quantitative estimate of drug-likeness (QED) is 0.0971. The van der Waals surface area contributed by atoms with Gasteiger partial charge in [0.15, 0.2) is 36.1 Å². The van der Waals surface area contributed by atoms with Gasteiger partial charge in [0.05, 0.1) is 29.2 Å². The molecule has 12 saturated carbocycles. The van der Waals surface area contributed by atoms with Crippen LogP contribution in [0.3, 0.4) is 0 Å². The van der Waals surface area contributed by atoms with E-state index in [1.807, 2.05) is 14.1 Å². The van der Waals surface area contributed by atoms with Crippen molar-refractivity contribution in [3.05, 3.63) is 106 Å². The van der Waals surface area contributed by atoms with Gasteiger partial charge in [0.2, 0.25) is 5.91 Å². The molecule has 7 amide bonds. The van der Waals surface area contributed by atoms with E-state index < -0.39 is 29.4 Å². The molecule has 2 aromatic carbocycles. The largest absolute Gasteiger partial charge is 0.482 e. The molecule has 0 atom stereocenters. The molecule has 12 fully saturated rings. The molecule has 14 aliphatic rings. The predicted molar refractivity (Wildman–Crippen MR) is 270 cm³/mol. The molecular weight excluding hydrogens is 1040 g/mol. The minimum absolute atomic E-state index is 0.0128. The third-order valence-corrected chi connectivity index (χ3v) is 22.1. The highest BCUT2D eigenvalue weighted by Gasteiger charge is 3.11. The van der Waals surface area contributed by atoms with Crippen molar-refractivity contribution in [2.24, 2.45) is 92.7 Å². The molecule has 0 bridgehead atoms. The first-order chi connectivity index (χ1) is 38.5. The van der Waals surface area contributed by atoms with Gasteiger partial charge in [-0.25, -0.2) is 27.8 Å². The Hall–Kier alpha value is -8.57. The van der Waals surface area contributed by atoms with Gasteiger partial charge < -0.3 is 46.3 Å². The number of rotatable bonds is 13. The molecule has 0 radical (unpaired) electrons. The Bertz CT molecular complexity index is 3880. The van der Waals surface area contributed by atoms with E-state index in [1.54, 1.807) is 41.3 Å². The van der Waals surface area contributed by atoms with Gasteiger partial charge in [-0.05, 0) is 123 Å². The zero-order valence-corrected chi connectivity index (χ0v) is 43.0. The van der Waals surface area contributed by atoms with E-state index in [1.165, 1.54) is 12.1 Å². The minimum atomic E-state index is -0.749. The van der Waals surface area contributed by atoms with Crippen molar-refractivity contribution in [1.82, 2.24) is 55.4 Å². The summed E-state index contributed by atoms with van der Waals surface area (Å²) in [5.74, 6) is 5.07. The molecule has 20 rings (SSSR count). The van der Waals surface area contributed by atoms with Crippen molar-refractivity contribution >= 4 is 64.0 Å². The second-order valence-electron chi connectivity index (χ2n) is 24.6. The number of anilines is 2. The van der Waals surface area contributed by atoms with E-state index in [0.29, 0.717) is 82.4 Å². The van der Waals surface area contributed by atoms with Crippen LogP contribution in [0.2, 0.25) is 0 Å². The summed E-state index contributed by atoms with van der Waals surface area (Å²) in [5.41, 5.74) is 2.77. The number of nitrogens with zero attached hydrogens (tertiary/aromatic N) is 7. The number of carbonyl (C=O) groups is 7. The summed E-state index contributed by atoms with van der Waals surface area (Å²) < 4.78 is 42.0. The van der Waals surface area contributed by atoms with Crippen molar-refractivity contribution < 1.29 is 51.8 Å². The van der Waals surface area contributed by atoms with Crippen LogP contribution < -0.4 is 41.4 Å². The molecule has 0 spiro atoms. The molecule has 0 saturated heterocycles. The molecule has 4 aromatic heterocycles. The van der Waals surface area contributed by atoms with Crippen LogP contribution in [0, 0.1) is 104 Å². The Balaban J connectivity index is 0.000000129. The average Bonchev–Trinajstić information content (AvgIpc) is 0.753. The standard InChI is InChI=1S/C29H26FN7O5.C27H23FN6O4/c1-36(2)27(41)29-21-18-22(29)20-23(29)19(21)28(18,20)10-32-26(40)15-6-14(35-24-12(30)8-33-37(15)24)25(39)31-7-11-3-4-16-13(5-11)34-17(38)9-42-16;1-26-17-20-18(26)22-19(26)21(17)27(20,22)9-30-25(37)14-5-13(33-23-11(28)7-31-34(14)23)24(36)29-6-10-2-3-15-12(4-10)32-16(35)8-38-15/h3-6,8,18-23H,7,9-10H2,1-2H3,(H,31,39)(H,32,40)(H,34,38);2-5,7,17-22H,6,8-9H2,1H3,(H,29,36)(H,30,37)(H,32,35). The molecule has 22 nitrogen and oxygen atoms in total. The van der Waals surface area contributed by atoms with Crippen molar-refractivity contribution in [1.29, 1.82) is 0 Å². The van der Waals surface area contributed by atoms with E-state index in [4.69, 9.17) is 9.47 Å². The maximum Gasteiger partial charge on any atom is 0.270 e. The number of amides is 7. The minimum Gasteiger partial charge on any atom is -0.482 e. The third-order valence-electron chi connectivity index (χ3n) is 22.1. The van der Waals surface area contributed by atoms with Crippen LogP contribution in [0.1, 0.15) is 60.0 Å². The van der Waals surface area contributed by atoms with Crippen LogP contribution in [0.15, 0.2) is 60.9 Å². The van der Waals surface area contributed by atoms with Crippen LogP contribution in [0.5, 0.6) is 11.5 Å². The number of aromatic nitrogens is 6. The Kier molecular flexibility index (Phi) is 8.58. The van der Waals surface area contributed by atoms with E-state index in [-0.39, 0.29) is 100 Å². The number of hydrogen-bond donors (Lipinski definition) is 6. The van der Waals surface area contributed by atoms with Crippen molar-refractivity contribution in [2.75, 3.05) is 51.0 Å². The summed E-state index contributed by atoms with van der Waals surface area (Å²) in [4.78, 5) is 98.8. The lowest BCUT2D eigenvalue weighted by Crippen LogP contribution is -3.12. The van der Waals surface area contributed by atoms with Crippen LogP contribution in [0.4, 0.5) is 20.2 Å². The Morgan fingerprint density at radius 3 is 1.43 bits per heavy atom. The number of hydrogen-bond acceptors (Lipinski definition) is 13. The summed E-state index contributed by atoms with van der Waals surface area (Å²) in [6.07, 6.45) is 1.95. The smallest absolute Gasteiger partial charge is 0.270 e. The lowest BCUT2D eigenvalue weighted by molar-refractivity contribution is -0.651. The number of carbonyl (C=O) groups excluding carboxylic acids is 7. The zero-order valence-electron chi connectivity index (χ0n) is 43.0. The number of fused-ring (bicyclic) bond motifs is 4. The Labute approximate surface area is 451 Å². The molecular formula is C56H49F2N13O9. The topological polar surface area (TPSA) is 274 Å². The highest BCUT2D eigenvalue weighted by atomic mass is 19.1. The highest BCUT2D eigenvalue weighted by molar-refractivity contribution is 6.00. The first-order valence-corrected chi connectivity index (χ1v) is 27.1. The van der Waals surface area contributed by atoms with Crippen molar-refractivity contribution in [2.45, 2.75) is 20.0 Å².